The number of nitrogens with one attached hydrogen (secondary N) is 1. The molecule has 0 heterocycles. The molecule has 0 radical (unpaired) electrons. The smallest absolute Gasteiger partial charge is 0.139 e. The van der Waals surface area contributed by atoms with Crippen molar-refractivity contribution in [2.24, 2.45) is 0 Å². The van der Waals surface area contributed by atoms with Crippen LogP contribution in [-0.4, -0.2) is 13.7 Å². The fraction of sp³-hybridized carbons (Fsp3) is 0.294. The monoisotopic (exact) mass is 323 g/mol. The second kappa shape index (κ2) is 7.69. The van der Waals surface area contributed by atoms with Gasteiger partial charge in [-0.15, -0.1) is 0 Å². The van der Waals surface area contributed by atoms with Gasteiger partial charge < -0.3 is 10.1 Å². The van der Waals surface area contributed by atoms with Crippen LogP contribution in [0.4, 0.5) is 0 Å². The quantitative estimate of drug-likeness (QED) is 0.816. The number of rotatable bonds is 6. The van der Waals surface area contributed by atoms with E-state index in [1.165, 1.54) is 5.56 Å². The Morgan fingerprint density at radius 3 is 2.43 bits per heavy atom. The van der Waals surface area contributed by atoms with Crippen molar-refractivity contribution in [3.63, 3.8) is 0 Å². The van der Waals surface area contributed by atoms with E-state index >= 15 is 0 Å². The molecule has 0 aliphatic heterocycles. The minimum Gasteiger partial charge on any atom is -0.492 e. The zero-order valence-electron chi connectivity index (χ0n) is 12.2. The summed E-state index contributed by atoms with van der Waals surface area (Å²) < 4.78 is 5.47. The summed E-state index contributed by atoms with van der Waals surface area (Å²) in [6.45, 7) is 2.48. The third kappa shape index (κ3) is 4.13. The normalized spacial score (nSPS) is 12.2. The second-order valence-corrected chi connectivity index (χ2v) is 5.58. The van der Waals surface area contributed by atoms with E-state index in [1.807, 2.05) is 38.2 Å². The first-order chi connectivity index (χ1) is 10.2. The lowest BCUT2D eigenvalue weighted by Crippen LogP contribution is -2.19. The number of ether oxygens (including phenoxy) is 1. The molecule has 21 heavy (non-hydrogen) atoms. The van der Waals surface area contributed by atoms with Crippen LogP contribution in [-0.2, 0) is 6.42 Å². The molecule has 2 aromatic rings. The van der Waals surface area contributed by atoms with E-state index in [9.17, 15) is 0 Å². The van der Waals surface area contributed by atoms with E-state index in [2.05, 4.69) is 17.4 Å². The van der Waals surface area contributed by atoms with Crippen molar-refractivity contribution >= 4 is 23.2 Å². The molecule has 2 rings (SSSR count). The Kier molecular flexibility index (Phi) is 5.92. The molecule has 0 aromatic heterocycles. The first kappa shape index (κ1) is 16.2. The average molecular weight is 324 g/mol. The molecule has 0 fully saturated rings. The molecule has 0 saturated heterocycles. The lowest BCUT2D eigenvalue weighted by molar-refractivity contribution is 0.340. The van der Waals surface area contributed by atoms with Gasteiger partial charge in [-0.2, -0.15) is 0 Å². The molecule has 1 atom stereocenters. The number of hydrogen-bond donors (Lipinski definition) is 1. The Morgan fingerprint density at radius 2 is 1.81 bits per heavy atom. The highest BCUT2D eigenvalue weighted by atomic mass is 35.5. The van der Waals surface area contributed by atoms with Gasteiger partial charge in [0.25, 0.3) is 0 Å². The van der Waals surface area contributed by atoms with Crippen molar-refractivity contribution in [2.45, 2.75) is 19.4 Å². The lowest BCUT2D eigenvalue weighted by Gasteiger charge is -2.19. The van der Waals surface area contributed by atoms with Crippen LogP contribution in [0.5, 0.6) is 5.75 Å². The third-order valence-corrected chi connectivity index (χ3v) is 3.98. The third-order valence-electron chi connectivity index (χ3n) is 3.36. The molecule has 0 bridgehead atoms. The molecule has 1 unspecified atom stereocenters. The zero-order valence-corrected chi connectivity index (χ0v) is 13.7. The number of hydrogen-bond acceptors (Lipinski definition) is 2. The number of benzene rings is 2. The largest absolute Gasteiger partial charge is 0.492 e. The summed E-state index contributed by atoms with van der Waals surface area (Å²) in [7, 11) is 1.92. The lowest BCUT2D eigenvalue weighted by atomic mass is 9.99. The summed E-state index contributed by atoms with van der Waals surface area (Å²) in [5, 5.41) is 4.55. The summed E-state index contributed by atoms with van der Waals surface area (Å²) >= 11 is 12.7. The second-order valence-electron chi connectivity index (χ2n) is 4.77. The van der Waals surface area contributed by atoms with Gasteiger partial charge in [0, 0.05) is 17.1 Å². The Morgan fingerprint density at radius 1 is 1.10 bits per heavy atom. The van der Waals surface area contributed by atoms with Crippen molar-refractivity contribution in [3.8, 4) is 5.75 Å². The van der Waals surface area contributed by atoms with Gasteiger partial charge in [-0.1, -0.05) is 53.5 Å². The highest BCUT2D eigenvalue weighted by Gasteiger charge is 2.16. The average Bonchev–Trinajstić information content (AvgIpc) is 2.50. The molecular weight excluding hydrogens is 305 g/mol. The Labute approximate surface area is 136 Å². The summed E-state index contributed by atoms with van der Waals surface area (Å²) in [6, 6.07) is 14.1. The molecule has 1 N–H and O–H groups in total. The van der Waals surface area contributed by atoms with Crippen LogP contribution in [0.1, 0.15) is 24.1 Å². The summed E-state index contributed by atoms with van der Waals surface area (Å²) in [5.74, 6) is 0.627. The van der Waals surface area contributed by atoms with Crippen LogP contribution in [0.15, 0.2) is 42.5 Å². The van der Waals surface area contributed by atoms with Gasteiger partial charge in [-0.3, -0.25) is 0 Å². The fourth-order valence-corrected chi connectivity index (χ4v) is 2.81. The zero-order chi connectivity index (χ0) is 15.2. The predicted molar refractivity (Wildman–Crippen MR) is 89.6 cm³/mol. The number of halogens is 2. The molecule has 0 aliphatic carbocycles. The molecule has 2 aromatic carbocycles. The van der Waals surface area contributed by atoms with Crippen molar-refractivity contribution in [1.82, 2.24) is 5.32 Å². The van der Waals surface area contributed by atoms with Crippen LogP contribution in [0.25, 0.3) is 0 Å². The fourth-order valence-electron chi connectivity index (χ4n) is 2.29. The van der Waals surface area contributed by atoms with E-state index in [1.54, 1.807) is 6.07 Å². The van der Waals surface area contributed by atoms with E-state index < -0.39 is 0 Å². The molecule has 0 saturated carbocycles. The van der Waals surface area contributed by atoms with Gasteiger partial charge in [0.2, 0.25) is 0 Å². The van der Waals surface area contributed by atoms with Gasteiger partial charge in [0.05, 0.1) is 11.6 Å². The van der Waals surface area contributed by atoms with E-state index in [4.69, 9.17) is 27.9 Å². The van der Waals surface area contributed by atoms with Crippen LogP contribution >= 0.6 is 23.2 Å². The topological polar surface area (TPSA) is 21.3 Å². The van der Waals surface area contributed by atoms with E-state index in [-0.39, 0.29) is 6.04 Å². The minimum atomic E-state index is 0.105. The highest BCUT2D eigenvalue weighted by Crippen LogP contribution is 2.35. The van der Waals surface area contributed by atoms with Gasteiger partial charge in [0.1, 0.15) is 5.75 Å². The maximum absolute atomic E-state index is 6.40. The minimum absolute atomic E-state index is 0.105. The van der Waals surface area contributed by atoms with E-state index in [0.29, 0.717) is 22.4 Å². The molecular formula is C17H19Cl2NO. The predicted octanol–water partition coefficient (Wildman–Crippen LogP) is 4.90. The molecule has 0 spiro atoms. The molecule has 112 valence electrons. The molecule has 0 amide bonds. The van der Waals surface area contributed by atoms with E-state index in [0.717, 1.165) is 12.0 Å². The van der Waals surface area contributed by atoms with Crippen LogP contribution < -0.4 is 10.1 Å². The van der Waals surface area contributed by atoms with Crippen molar-refractivity contribution in [2.75, 3.05) is 13.7 Å². The Bertz CT molecular complexity index is 587. The Balaban J connectivity index is 2.28. The molecule has 4 heteroatoms. The van der Waals surface area contributed by atoms with Crippen molar-refractivity contribution < 1.29 is 4.74 Å². The first-order valence-corrected chi connectivity index (χ1v) is 7.74. The van der Waals surface area contributed by atoms with Gasteiger partial charge in [-0.05, 0) is 37.6 Å². The van der Waals surface area contributed by atoms with Crippen LogP contribution in [0, 0.1) is 0 Å². The highest BCUT2D eigenvalue weighted by molar-refractivity contribution is 6.34. The number of likely N-dealkylation sites (N-methyl/N-ethyl adjacent to an activating group) is 1. The maximum atomic E-state index is 6.40. The molecule has 2 nitrogen and oxygen atoms in total. The van der Waals surface area contributed by atoms with Gasteiger partial charge >= 0.3 is 0 Å². The standard InChI is InChI=1S/C17H19Cl2NO/c1-3-21-17-11-14(18)13(10-15(17)19)16(20-2)9-12-7-5-4-6-8-12/h4-8,10-11,16,20H,3,9H2,1-2H3. The SMILES string of the molecule is CCOc1cc(Cl)c(C(Cc2ccccc2)NC)cc1Cl. The van der Waals surface area contributed by atoms with Crippen molar-refractivity contribution in [3.05, 3.63) is 63.6 Å². The summed E-state index contributed by atoms with van der Waals surface area (Å²) in [6.07, 6.45) is 0.849. The Hall–Kier alpha value is -1.22. The maximum Gasteiger partial charge on any atom is 0.139 e. The molecule has 0 aliphatic rings. The van der Waals surface area contributed by atoms with Crippen LogP contribution in [0.3, 0.4) is 0 Å². The summed E-state index contributed by atoms with van der Waals surface area (Å²) in [4.78, 5) is 0. The van der Waals surface area contributed by atoms with Gasteiger partial charge in [0.15, 0.2) is 0 Å². The van der Waals surface area contributed by atoms with Gasteiger partial charge in [-0.25, -0.2) is 0 Å². The van der Waals surface area contributed by atoms with Crippen molar-refractivity contribution in [1.29, 1.82) is 0 Å². The summed E-state index contributed by atoms with van der Waals surface area (Å²) in [5.41, 5.74) is 2.23. The first-order valence-electron chi connectivity index (χ1n) is 6.98. The van der Waals surface area contributed by atoms with Crippen LogP contribution in [0.2, 0.25) is 10.0 Å².